The third kappa shape index (κ3) is 5.67. The number of rotatable bonds is 9. The van der Waals surface area contributed by atoms with Crippen molar-refractivity contribution in [2.24, 2.45) is 7.05 Å². The highest BCUT2D eigenvalue weighted by atomic mass is 16.5. The molecular formula is C29H34N6O4. The third-order valence-corrected chi connectivity index (χ3v) is 7.68. The summed E-state index contributed by atoms with van der Waals surface area (Å²) in [6.45, 7) is 4.62. The van der Waals surface area contributed by atoms with Crippen LogP contribution in [0.2, 0.25) is 0 Å². The Balaban J connectivity index is 1.12. The van der Waals surface area contributed by atoms with Crippen LogP contribution in [0.5, 0.6) is 5.88 Å². The summed E-state index contributed by atoms with van der Waals surface area (Å²) in [5, 5.41) is 4.36. The molecular weight excluding hydrogens is 496 g/mol. The first-order valence-corrected chi connectivity index (χ1v) is 13.6. The molecule has 5 heterocycles. The standard InChI is InChI=1S/C29H34N6O4/c1-33-12-10-22(32-33)19-39-28-5-3-4-24(31-28)20-8-13-34(14-9-20)18-27-30-25-7-6-21(29(36)37-2)16-26(25)35(27)17-23-11-15-38-23/h3-7,10,12,16,20,23H,8-9,11,13-15,17-19H2,1-2H3/t23-/m0/s1. The van der Waals surface area contributed by atoms with Crippen LogP contribution in [0.4, 0.5) is 0 Å². The molecule has 0 spiro atoms. The normalized spacial score (nSPS) is 18.3. The number of carbonyl (C=O) groups excluding carboxylic acids is 1. The molecule has 0 radical (unpaired) electrons. The van der Waals surface area contributed by atoms with Gasteiger partial charge >= 0.3 is 5.97 Å². The fourth-order valence-corrected chi connectivity index (χ4v) is 5.39. The van der Waals surface area contributed by atoms with E-state index in [9.17, 15) is 4.79 Å². The smallest absolute Gasteiger partial charge is 0.337 e. The van der Waals surface area contributed by atoms with Crippen molar-refractivity contribution in [1.29, 1.82) is 0 Å². The average molecular weight is 531 g/mol. The molecule has 2 fully saturated rings. The summed E-state index contributed by atoms with van der Waals surface area (Å²) in [5.74, 6) is 1.69. The number of hydrogen-bond acceptors (Lipinski definition) is 8. The Morgan fingerprint density at radius 3 is 2.67 bits per heavy atom. The van der Waals surface area contributed by atoms with Crippen LogP contribution in [0.1, 0.15) is 52.8 Å². The minimum absolute atomic E-state index is 0.187. The quantitative estimate of drug-likeness (QED) is 0.302. The first-order chi connectivity index (χ1) is 19.1. The third-order valence-electron chi connectivity index (χ3n) is 7.68. The van der Waals surface area contributed by atoms with Crippen LogP contribution >= 0.6 is 0 Å². The van der Waals surface area contributed by atoms with Crippen molar-refractivity contribution in [2.45, 2.75) is 51.0 Å². The van der Waals surface area contributed by atoms with E-state index in [1.165, 1.54) is 7.11 Å². The maximum absolute atomic E-state index is 12.2. The molecule has 2 saturated heterocycles. The van der Waals surface area contributed by atoms with E-state index in [0.717, 1.165) is 80.3 Å². The number of nitrogens with zero attached hydrogens (tertiary/aromatic N) is 6. The molecule has 0 aliphatic carbocycles. The number of piperidine rings is 1. The summed E-state index contributed by atoms with van der Waals surface area (Å²) in [6.07, 6.45) is 5.18. The van der Waals surface area contributed by atoms with Crippen LogP contribution in [0.25, 0.3) is 11.0 Å². The number of hydrogen-bond donors (Lipinski definition) is 0. The molecule has 0 bridgehead atoms. The van der Waals surface area contributed by atoms with Gasteiger partial charge in [-0.15, -0.1) is 0 Å². The summed E-state index contributed by atoms with van der Waals surface area (Å²) in [4.78, 5) is 24.4. The van der Waals surface area contributed by atoms with Crippen molar-refractivity contribution < 1.29 is 19.0 Å². The minimum atomic E-state index is -0.340. The summed E-state index contributed by atoms with van der Waals surface area (Å²) >= 11 is 0. The summed E-state index contributed by atoms with van der Waals surface area (Å²) < 4.78 is 20.6. The van der Waals surface area contributed by atoms with Gasteiger partial charge in [0.15, 0.2) is 0 Å². The molecule has 2 aliphatic heterocycles. The molecule has 4 aromatic rings. The van der Waals surface area contributed by atoms with E-state index in [0.29, 0.717) is 24.0 Å². The molecule has 0 unspecified atom stereocenters. The van der Waals surface area contributed by atoms with Gasteiger partial charge in [-0.3, -0.25) is 9.58 Å². The number of methoxy groups -OCH3 is 1. The van der Waals surface area contributed by atoms with Crippen molar-refractivity contribution in [3.8, 4) is 5.88 Å². The molecule has 6 rings (SSSR count). The predicted octanol–water partition coefficient (Wildman–Crippen LogP) is 3.70. The van der Waals surface area contributed by atoms with Gasteiger partial charge < -0.3 is 18.8 Å². The lowest BCUT2D eigenvalue weighted by Crippen LogP contribution is -2.35. The van der Waals surface area contributed by atoms with Crippen LogP contribution in [-0.2, 0) is 36.2 Å². The van der Waals surface area contributed by atoms with Crippen LogP contribution in [0.15, 0.2) is 48.7 Å². The topological polar surface area (TPSA) is 96.5 Å². The van der Waals surface area contributed by atoms with Crippen molar-refractivity contribution >= 4 is 17.0 Å². The molecule has 1 atom stereocenters. The molecule has 3 aromatic heterocycles. The number of likely N-dealkylation sites (tertiary alicyclic amines) is 1. The second-order valence-corrected chi connectivity index (χ2v) is 10.3. The Bertz CT molecular complexity index is 1450. The summed E-state index contributed by atoms with van der Waals surface area (Å²) in [7, 11) is 3.30. The number of esters is 1. The van der Waals surface area contributed by atoms with Crippen molar-refractivity contribution in [3.63, 3.8) is 0 Å². The number of carbonyl (C=O) groups is 1. The molecule has 10 nitrogen and oxygen atoms in total. The zero-order chi connectivity index (χ0) is 26.8. The number of pyridine rings is 1. The van der Waals surface area contributed by atoms with Crippen LogP contribution < -0.4 is 4.74 Å². The first kappa shape index (κ1) is 25.5. The number of ether oxygens (including phenoxy) is 3. The number of imidazole rings is 1. The maximum atomic E-state index is 12.2. The van der Waals surface area contributed by atoms with Crippen LogP contribution in [-0.4, -0.2) is 68.1 Å². The number of benzene rings is 1. The molecule has 0 amide bonds. The largest absolute Gasteiger partial charge is 0.471 e. The fourth-order valence-electron chi connectivity index (χ4n) is 5.39. The Hall–Kier alpha value is -3.76. The zero-order valence-corrected chi connectivity index (χ0v) is 22.5. The van der Waals surface area contributed by atoms with E-state index in [4.69, 9.17) is 24.2 Å². The van der Waals surface area contributed by atoms with E-state index in [-0.39, 0.29) is 12.1 Å². The molecule has 204 valence electrons. The van der Waals surface area contributed by atoms with Gasteiger partial charge in [-0.05, 0) is 62.7 Å². The van der Waals surface area contributed by atoms with Gasteiger partial charge in [0.25, 0.3) is 0 Å². The lowest BCUT2D eigenvalue weighted by molar-refractivity contribution is -0.0592. The first-order valence-electron chi connectivity index (χ1n) is 13.6. The van der Waals surface area contributed by atoms with E-state index in [1.807, 2.05) is 43.6 Å². The minimum Gasteiger partial charge on any atom is -0.471 e. The monoisotopic (exact) mass is 530 g/mol. The summed E-state index contributed by atoms with van der Waals surface area (Å²) in [5.41, 5.74) is 4.34. The summed E-state index contributed by atoms with van der Waals surface area (Å²) in [6, 6.07) is 13.6. The second-order valence-electron chi connectivity index (χ2n) is 10.3. The highest BCUT2D eigenvalue weighted by molar-refractivity contribution is 5.93. The van der Waals surface area contributed by atoms with E-state index in [1.54, 1.807) is 10.7 Å². The molecule has 2 aliphatic rings. The van der Waals surface area contributed by atoms with E-state index >= 15 is 0 Å². The highest BCUT2D eigenvalue weighted by Crippen LogP contribution is 2.30. The Morgan fingerprint density at radius 1 is 1.10 bits per heavy atom. The molecule has 0 N–H and O–H groups in total. The zero-order valence-electron chi connectivity index (χ0n) is 22.5. The van der Waals surface area contributed by atoms with E-state index in [2.05, 4.69) is 20.6 Å². The van der Waals surface area contributed by atoms with Gasteiger partial charge in [-0.1, -0.05) is 6.07 Å². The lowest BCUT2D eigenvalue weighted by Gasteiger charge is -2.32. The fraction of sp³-hybridized carbons (Fsp3) is 0.448. The van der Waals surface area contributed by atoms with Gasteiger partial charge in [0, 0.05) is 37.5 Å². The van der Waals surface area contributed by atoms with Gasteiger partial charge in [-0.2, -0.15) is 5.10 Å². The van der Waals surface area contributed by atoms with Crippen molar-refractivity contribution in [2.75, 3.05) is 26.8 Å². The van der Waals surface area contributed by atoms with Gasteiger partial charge in [0.2, 0.25) is 5.88 Å². The van der Waals surface area contributed by atoms with Gasteiger partial charge in [0.1, 0.15) is 12.4 Å². The average Bonchev–Trinajstić information content (AvgIpc) is 3.51. The molecule has 10 heteroatoms. The second kappa shape index (κ2) is 11.2. The SMILES string of the molecule is COC(=O)c1ccc2nc(CN3CCC(c4cccc(OCc5ccn(C)n5)n4)CC3)n(C[C@@H]3CCO3)c2c1. The lowest BCUT2D eigenvalue weighted by atomic mass is 9.93. The number of fused-ring (bicyclic) bond motifs is 1. The number of aromatic nitrogens is 5. The van der Waals surface area contributed by atoms with E-state index < -0.39 is 0 Å². The Kier molecular flexibility index (Phi) is 7.30. The Labute approximate surface area is 227 Å². The van der Waals surface area contributed by atoms with Crippen molar-refractivity contribution in [1.82, 2.24) is 29.2 Å². The van der Waals surface area contributed by atoms with Crippen molar-refractivity contribution in [3.05, 3.63) is 71.4 Å². The molecule has 0 saturated carbocycles. The maximum Gasteiger partial charge on any atom is 0.337 e. The van der Waals surface area contributed by atoms with Crippen LogP contribution in [0, 0.1) is 0 Å². The highest BCUT2D eigenvalue weighted by Gasteiger charge is 2.26. The van der Waals surface area contributed by atoms with Crippen LogP contribution in [0.3, 0.4) is 0 Å². The number of aryl methyl sites for hydroxylation is 1. The molecule has 1 aromatic carbocycles. The molecule has 39 heavy (non-hydrogen) atoms. The van der Waals surface area contributed by atoms with Gasteiger partial charge in [-0.25, -0.2) is 14.8 Å². The van der Waals surface area contributed by atoms with Gasteiger partial charge in [0.05, 0.1) is 48.6 Å². The predicted molar refractivity (Wildman–Crippen MR) is 144 cm³/mol. The Morgan fingerprint density at radius 2 is 1.95 bits per heavy atom.